The van der Waals surface area contributed by atoms with E-state index >= 15 is 0 Å². The molecule has 0 spiro atoms. The number of nitrogens with zero attached hydrogens (tertiary/aromatic N) is 2. The highest BCUT2D eigenvalue weighted by molar-refractivity contribution is 6.34. The number of aryl methyl sites for hydroxylation is 1. The number of amides is 1. The van der Waals surface area contributed by atoms with E-state index in [1.54, 1.807) is 24.4 Å². The number of imidazole rings is 1. The molecule has 1 aromatic heterocycles. The lowest BCUT2D eigenvalue weighted by atomic mass is 10.1. The fourth-order valence-electron chi connectivity index (χ4n) is 2.53. The van der Waals surface area contributed by atoms with Gasteiger partial charge in [0.2, 0.25) is 0 Å². The number of ether oxygens (including phenoxy) is 1. The van der Waals surface area contributed by atoms with Gasteiger partial charge in [0, 0.05) is 30.5 Å². The molecule has 0 radical (unpaired) electrons. The first-order valence-corrected chi connectivity index (χ1v) is 8.69. The Balaban J connectivity index is 1.74. The van der Waals surface area contributed by atoms with E-state index in [0.29, 0.717) is 15.8 Å². The third kappa shape index (κ3) is 4.36. The predicted octanol–water partition coefficient (Wildman–Crippen LogP) is 4.01. The Morgan fingerprint density at radius 3 is 2.69 bits per heavy atom. The molecule has 3 aromatic rings. The molecule has 26 heavy (non-hydrogen) atoms. The quantitative estimate of drug-likeness (QED) is 0.692. The molecule has 0 aliphatic carbocycles. The molecule has 134 valence electrons. The van der Waals surface area contributed by atoms with E-state index in [1.165, 1.54) is 0 Å². The van der Waals surface area contributed by atoms with Crippen LogP contribution in [0.1, 0.15) is 17.4 Å². The second kappa shape index (κ2) is 8.25. The third-order valence-electron chi connectivity index (χ3n) is 3.81. The van der Waals surface area contributed by atoms with Gasteiger partial charge in [-0.15, -0.1) is 0 Å². The van der Waals surface area contributed by atoms with Crippen LogP contribution < -0.4 is 10.1 Å². The topological polar surface area (TPSA) is 56.2 Å². The van der Waals surface area contributed by atoms with Gasteiger partial charge >= 0.3 is 0 Å². The van der Waals surface area contributed by atoms with Crippen molar-refractivity contribution in [3.8, 4) is 5.75 Å². The first kappa shape index (κ1) is 18.3. The van der Waals surface area contributed by atoms with Crippen molar-refractivity contribution in [1.82, 2.24) is 14.9 Å². The maximum atomic E-state index is 12.5. The van der Waals surface area contributed by atoms with Gasteiger partial charge in [0.15, 0.2) is 6.61 Å². The number of hydrogen-bond donors (Lipinski definition) is 1. The molecule has 0 aliphatic rings. The molecule has 0 aliphatic heterocycles. The zero-order valence-corrected chi connectivity index (χ0v) is 15.5. The lowest BCUT2D eigenvalue weighted by Crippen LogP contribution is -2.34. The minimum atomic E-state index is -0.387. The Labute approximate surface area is 161 Å². The number of carbonyl (C=O) groups excluding carboxylic acids is 1. The second-order valence-electron chi connectivity index (χ2n) is 5.67. The van der Waals surface area contributed by atoms with Gasteiger partial charge in [0.05, 0.1) is 5.02 Å². The van der Waals surface area contributed by atoms with Crippen LogP contribution in [-0.2, 0) is 11.8 Å². The van der Waals surface area contributed by atoms with E-state index in [4.69, 9.17) is 27.9 Å². The molecule has 1 heterocycles. The Morgan fingerprint density at radius 1 is 1.23 bits per heavy atom. The van der Waals surface area contributed by atoms with E-state index < -0.39 is 0 Å². The van der Waals surface area contributed by atoms with Crippen LogP contribution in [0.5, 0.6) is 5.75 Å². The highest BCUT2D eigenvalue weighted by Gasteiger charge is 2.21. The van der Waals surface area contributed by atoms with Crippen molar-refractivity contribution < 1.29 is 9.53 Å². The first-order chi connectivity index (χ1) is 12.5. The molecular formula is C19H17Cl2N3O2. The number of carbonyl (C=O) groups is 1. The van der Waals surface area contributed by atoms with Crippen LogP contribution in [0, 0.1) is 0 Å². The number of aromatic nitrogens is 2. The molecular weight excluding hydrogens is 373 g/mol. The molecule has 5 nitrogen and oxygen atoms in total. The Morgan fingerprint density at radius 2 is 2.00 bits per heavy atom. The average Bonchev–Trinajstić information content (AvgIpc) is 3.07. The van der Waals surface area contributed by atoms with Gasteiger partial charge < -0.3 is 14.6 Å². The van der Waals surface area contributed by atoms with Crippen LogP contribution >= 0.6 is 23.2 Å². The van der Waals surface area contributed by atoms with Crippen molar-refractivity contribution in [2.75, 3.05) is 6.61 Å². The van der Waals surface area contributed by atoms with E-state index in [9.17, 15) is 4.79 Å². The Kier molecular flexibility index (Phi) is 5.81. The van der Waals surface area contributed by atoms with Crippen molar-refractivity contribution in [1.29, 1.82) is 0 Å². The summed E-state index contributed by atoms with van der Waals surface area (Å²) < 4.78 is 7.38. The van der Waals surface area contributed by atoms with Gasteiger partial charge in [-0.05, 0) is 17.7 Å². The Hall–Kier alpha value is -2.50. The van der Waals surface area contributed by atoms with Crippen LogP contribution in [0.4, 0.5) is 0 Å². The maximum absolute atomic E-state index is 12.5. The van der Waals surface area contributed by atoms with Gasteiger partial charge in [0.1, 0.15) is 17.6 Å². The molecule has 0 bridgehead atoms. The van der Waals surface area contributed by atoms with Gasteiger partial charge in [0.25, 0.3) is 5.91 Å². The lowest BCUT2D eigenvalue weighted by Gasteiger charge is -2.19. The SMILES string of the molecule is Cn1ccnc1[C@@H](NC(=O)COc1cc(Cl)ccc1Cl)c1ccccc1. The highest BCUT2D eigenvalue weighted by atomic mass is 35.5. The summed E-state index contributed by atoms with van der Waals surface area (Å²) in [5.74, 6) is 0.797. The largest absolute Gasteiger partial charge is 0.482 e. The highest BCUT2D eigenvalue weighted by Crippen LogP contribution is 2.27. The molecule has 7 heteroatoms. The molecule has 0 saturated heterocycles. The summed E-state index contributed by atoms with van der Waals surface area (Å²) in [6.45, 7) is -0.187. The predicted molar refractivity (Wildman–Crippen MR) is 102 cm³/mol. The van der Waals surface area contributed by atoms with Crippen LogP contribution in [0.25, 0.3) is 0 Å². The van der Waals surface area contributed by atoms with E-state index in [-0.39, 0.29) is 18.6 Å². The van der Waals surface area contributed by atoms with E-state index in [1.807, 2.05) is 48.1 Å². The number of halogens is 2. The third-order valence-corrected chi connectivity index (χ3v) is 4.35. The summed E-state index contributed by atoms with van der Waals surface area (Å²) in [5.41, 5.74) is 0.927. The maximum Gasteiger partial charge on any atom is 0.258 e. The fourth-order valence-corrected chi connectivity index (χ4v) is 2.87. The van der Waals surface area contributed by atoms with Gasteiger partial charge in [-0.2, -0.15) is 0 Å². The zero-order chi connectivity index (χ0) is 18.5. The summed E-state index contributed by atoms with van der Waals surface area (Å²) in [6, 6.07) is 14.1. The fraction of sp³-hybridized carbons (Fsp3) is 0.158. The van der Waals surface area contributed by atoms with Crippen molar-refractivity contribution in [3.05, 3.63) is 82.4 Å². The molecule has 1 atom stereocenters. The first-order valence-electron chi connectivity index (χ1n) is 7.94. The summed E-state index contributed by atoms with van der Waals surface area (Å²) in [6.07, 6.45) is 3.53. The second-order valence-corrected chi connectivity index (χ2v) is 6.51. The van der Waals surface area contributed by atoms with Gasteiger partial charge in [-0.25, -0.2) is 4.98 Å². The van der Waals surface area contributed by atoms with Crippen molar-refractivity contribution in [2.24, 2.45) is 7.05 Å². The summed E-state index contributed by atoms with van der Waals surface area (Å²) in [5, 5.41) is 3.84. The summed E-state index contributed by atoms with van der Waals surface area (Å²) >= 11 is 12.0. The minimum absolute atomic E-state index is 0.187. The molecule has 3 rings (SSSR count). The molecule has 0 fully saturated rings. The number of rotatable bonds is 6. The summed E-state index contributed by atoms with van der Waals surface area (Å²) in [7, 11) is 1.88. The van der Waals surface area contributed by atoms with Crippen molar-refractivity contribution in [3.63, 3.8) is 0 Å². The van der Waals surface area contributed by atoms with Gasteiger partial charge in [-0.3, -0.25) is 4.79 Å². The van der Waals surface area contributed by atoms with Crippen LogP contribution in [0.2, 0.25) is 10.0 Å². The normalized spacial score (nSPS) is 11.8. The van der Waals surface area contributed by atoms with Crippen LogP contribution in [-0.4, -0.2) is 22.1 Å². The lowest BCUT2D eigenvalue weighted by molar-refractivity contribution is -0.123. The Bertz CT molecular complexity index is 897. The molecule has 1 N–H and O–H groups in total. The molecule has 0 unspecified atom stereocenters. The summed E-state index contributed by atoms with van der Waals surface area (Å²) in [4.78, 5) is 16.8. The standard InChI is InChI=1S/C19H17Cl2N3O2/c1-24-10-9-22-19(24)18(13-5-3-2-4-6-13)23-17(25)12-26-16-11-14(20)7-8-15(16)21/h2-11,18H,12H2,1H3,(H,23,25)/t18-/m0/s1. The van der Waals surface area contributed by atoms with Gasteiger partial charge in [-0.1, -0.05) is 53.5 Å². The minimum Gasteiger partial charge on any atom is -0.482 e. The van der Waals surface area contributed by atoms with Crippen LogP contribution in [0.15, 0.2) is 60.9 Å². The smallest absolute Gasteiger partial charge is 0.258 e. The average molecular weight is 390 g/mol. The van der Waals surface area contributed by atoms with Crippen LogP contribution in [0.3, 0.4) is 0 Å². The molecule has 0 saturated carbocycles. The molecule has 2 aromatic carbocycles. The monoisotopic (exact) mass is 389 g/mol. The van der Waals surface area contributed by atoms with Crippen molar-refractivity contribution in [2.45, 2.75) is 6.04 Å². The van der Waals surface area contributed by atoms with E-state index in [2.05, 4.69) is 10.3 Å². The molecule has 1 amide bonds. The van der Waals surface area contributed by atoms with Crippen molar-refractivity contribution >= 4 is 29.1 Å². The van der Waals surface area contributed by atoms with E-state index in [0.717, 1.165) is 11.4 Å². The number of benzene rings is 2. The zero-order valence-electron chi connectivity index (χ0n) is 14.0. The number of nitrogens with one attached hydrogen (secondary N) is 1. The number of hydrogen-bond acceptors (Lipinski definition) is 3.